The maximum Gasteiger partial charge on any atom is 0.346 e. The van der Waals surface area contributed by atoms with Crippen LogP contribution in [0.25, 0.3) is 0 Å². The van der Waals surface area contributed by atoms with Crippen molar-refractivity contribution in [1.29, 1.82) is 0 Å². The van der Waals surface area contributed by atoms with Crippen molar-refractivity contribution in [1.82, 2.24) is 5.32 Å². The number of benzene rings is 2. The minimum Gasteiger partial charge on any atom is -0.497 e. The largest absolute Gasteiger partial charge is 0.497 e. The van der Waals surface area contributed by atoms with Crippen molar-refractivity contribution in [2.45, 2.75) is 6.54 Å². The molecular formula is C19H21NO6. The van der Waals surface area contributed by atoms with Gasteiger partial charge in [-0.1, -0.05) is 18.2 Å². The number of rotatable bonds is 8. The Morgan fingerprint density at radius 3 is 2.19 bits per heavy atom. The molecule has 0 saturated carbocycles. The number of hydrogen-bond acceptors (Lipinski definition) is 6. The van der Waals surface area contributed by atoms with Crippen LogP contribution in [0.4, 0.5) is 0 Å². The van der Waals surface area contributed by atoms with Crippen LogP contribution >= 0.6 is 0 Å². The Kier molecular flexibility index (Phi) is 6.84. The summed E-state index contributed by atoms with van der Waals surface area (Å²) in [6.07, 6.45) is 0. The average Bonchev–Trinajstić information content (AvgIpc) is 2.69. The van der Waals surface area contributed by atoms with Gasteiger partial charge in [0.2, 0.25) is 0 Å². The highest BCUT2D eigenvalue weighted by Gasteiger charge is 2.20. The van der Waals surface area contributed by atoms with Crippen molar-refractivity contribution in [3.63, 3.8) is 0 Å². The fourth-order valence-corrected chi connectivity index (χ4v) is 2.29. The highest BCUT2D eigenvalue weighted by atomic mass is 16.5. The lowest BCUT2D eigenvalue weighted by atomic mass is 10.2. The fourth-order valence-electron chi connectivity index (χ4n) is 2.29. The van der Waals surface area contributed by atoms with Crippen LogP contribution in [-0.2, 0) is 16.1 Å². The molecule has 0 aliphatic rings. The Labute approximate surface area is 151 Å². The van der Waals surface area contributed by atoms with E-state index in [0.29, 0.717) is 23.8 Å². The Morgan fingerprint density at radius 2 is 1.58 bits per heavy atom. The molecule has 0 heterocycles. The SMILES string of the molecule is COc1cccc(CNC(=O)COC(=O)c2c(OC)cccc2OC)c1. The van der Waals surface area contributed by atoms with Crippen molar-refractivity contribution in [2.75, 3.05) is 27.9 Å². The Balaban J connectivity index is 1.92. The first-order valence-electron chi connectivity index (χ1n) is 7.86. The summed E-state index contributed by atoms with van der Waals surface area (Å²) in [4.78, 5) is 24.2. The summed E-state index contributed by atoms with van der Waals surface area (Å²) in [5.41, 5.74) is 1.01. The quantitative estimate of drug-likeness (QED) is 0.728. The van der Waals surface area contributed by atoms with E-state index in [1.54, 1.807) is 25.3 Å². The van der Waals surface area contributed by atoms with Gasteiger partial charge in [0.05, 0.1) is 21.3 Å². The normalized spacial score (nSPS) is 9.96. The van der Waals surface area contributed by atoms with Crippen LogP contribution in [0.15, 0.2) is 42.5 Å². The number of carbonyl (C=O) groups is 2. The highest BCUT2D eigenvalue weighted by Crippen LogP contribution is 2.28. The molecule has 0 radical (unpaired) electrons. The van der Waals surface area contributed by atoms with E-state index in [0.717, 1.165) is 5.56 Å². The standard InChI is InChI=1S/C19H21NO6/c1-23-14-7-4-6-13(10-14)11-20-17(21)12-26-19(22)18-15(24-2)8-5-9-16(18)25-3/h4-10H,11-12H2,1-3H3,(H,20,21). The summed E-state index contributed by atoms with van der Waals surface area (Å²) in [5.74, 6) is 0.203. The predicted octanol–water partition coefficient (Wildman–Crippen LogP) is 2.19. The molecule has 2 rings (SSSR count). The number of methoxy groups -OCH3 is 3. The van der Waals surface area contributed by atoms with Crippen LogP contribution in [0.2, 0.25) is 0 Å². The first kappa shape index (κ1) is 19.1. The van der Waals surface area contributed by atoms with Gasteiger partial charge >= 0.3 is 5.97 Å². The lowest BCUT2D eigenvalue weighted by Gasteiger charge is -2.12. The Morgan fingerprint density at radius 1 is 0.923 bits per heavy atom. The number of ether oxygens (including phenoxy) is 4. The Bertz CT molecular complexity index is 752. The van der Waals surface area contributed by atoms with Crippen molar-refractivity contribution >= 4 is 11.9 Å². The van der Waals surface area contributed by atoms with E-state index in [1.807, 2.05) is 24.3 Å². The van der Waals surface area contributed by atoms with Crippen LogP contribution in [0.3, 0.4) is 0 Å². The molecule has 7 nitrogen and oxygen atoms in total. The summed E-state index contributed by atoms with van der Waals surface area (Å²) >= 11 is 0. The number of nitrogens with one attached hydrogen (secondary N) is 1. The molecule has 2 aromatic rings. The molecule has 0 fully saturated rings. The first-order valence-corrected chi connectivity index (χ1v) is 7.86. The highest BCUT2D eigenvalue weighted by molar-refractivity contribution is 5.96. The summed E-state index contributed by atoms with van der Waals surface area (Å²) < 4.78 is 20.5. The molecule has 0 aromatic heterocycles. The molecule has 2 aromatic carbocycles. The van der Waals surface area contributed by atoms with E-state index in [2.05, 4.69) is 5.32 Å². The van der Waals surface area contributed by atoms with Crippen LogP contribution < -0.4 is 19.5 Å². The monoisotopic (exact) mass is 359 g/mol. The minimum absolute atomic E-state index is 0.137. The number of carbonyl (C=O) groups excluding carboxylic acids is 2. The Hall–Kier alpha value is -3.22. The molecule has 0 spiro atoms. The second kappa shape index (κ2) is 9.31. The van der Waals surface area contributed by atoms with Gasteiger partial charge in [-0.25, -0.2) is 4.79 Å². The molecule has 0 unspecified atom stereocenters. The van der Waals surface area contributed by atoms with Gasteiger partial charge < -0.3 is 24.3 Å². The predicted molar refractivity (Wildman–Crippen MR) is 94.7 cm³/mol. The fraction of sp³-hybridized carbons (Fsp3) is 0.263. The number of amides is 1. The lowest BCUT2D eigenvalue weighted by molar-refractivity contribution is -0.124. The van der Waals surface area contributed by atoms with E-state index < -0.39 is 18.5 Å². The van der Waals surface area contributed by atoms with Crippen molar-refractivity contribution < 1.29 is 28.5 Å². The number of esters is 1. The zero-order valence-corrected chi connectivity index (χ0v) is 14.9. The molecular weight excluding hydrogens is 338 g/mol. The maximum absolute atomic E-state index is 12.3. The van der Waals surface area contributed by atoms with Crippen LogP contribution in [-0.4, -0.2) is 39.8 Å². The maximum atomic E-state index is 12.3. The van der Waals surface area contributed by atoms with Crippen LogP contribution in [0.1, 0.15) is 15.9 Å². The summed E-state index contributed by atoms with van der Waals surface area (Å²) in [5, 5.41) is 2.68. The summed E-state index contributed by atoms with van der Waals surface area (Å²) in [6.45, 7) is -0.116. The summed E-state index contributed by atoms with van der Waals surface area (Å²) in [7, 11) is 4.45. The molecule has 1 N–H and O–H groups in total. The van der Waals surface area contributed by atoms with Crippen molar-refractivity contribution in [3.8, 4) is 17.2 Å². The zero-order chi connectivity index (χ0) is 18.9. The molecule has 0 aliphatic carbocycles. The van der Waals surface area contributed by atoms with Crippen molar-refractivity contribution in [2.24, 2.45) is 0 Å². The van der Waals surface area contributed by atoms with E-state index in [9.17, 15) is 9.59 Å². The minimum atomic E-state index is -0.698. The topological polar surface area (TPSA) is 83.1 Å². The molecule has 0 saturated heterocycles. The van der Waals surface area contributed by atoms with Crippen LogP contribution in [0, 0.1) is 0 Å². The van der Waals surface area contributed by atoms with E-state index in [-0.39, 0.29) is 5.56 Å². The van der Waals surface area contributed by atoms with E-state index in [1.165, 1.54) is 14.2 Å². The van der Waals surface area contributed by atoms with Gasteiger partial charge in [-0.3, -0.25) is 4.79 Å². The van der Waals surface area contributed by atoms with E-state index >= 15 is 0 Å². The molecule has 0 bridgehead atoms. The van der Waals surface area contributed by atoms with Gasteiger partial charge in [-0.05, 0) is 29.8 Å². The first-order chi connectivity index (χ1) is 12.6. The summed E-state index contributed by atoms with van der Waals surface area (Å²) in [6, 6.07) is 12.2. The van der Waals surface area contributed by atoms with Gasteiger partial charge in [-0.2, -0.15) is 0 Å². The smallest absolute Gasteiger partial charge is 0.346 e. The third kappa shape index (κ3) is 4.89. The van der Waals surface area contributed by atoms with Gasteiger partial charge in [0.15, 0.2) is 6.61 Å². The van der Waals surface area contributed by atoms with Gasteiger partial charge in [-0.15, -0.1) is 0 Å². The second-order valence-electron chi connectivity index (χ2n) is 5.24. The lowest BCUT2D eigenvalue weighted by Crippen LogP contribution is -2.28. The molecule has 138 valence electrons. The molecule has 1 amide bonds. The van der Waals surface area contributed by atoms with Gasteiger partial charge in [0.1, 0.15) is 22.8 Å². The van der Waals surface area contributed by atoms with E-state index in [4.69, 9.17) is 18.9 Å². The van der Waals surface area contributed by atoms with Crippen molar-refractivity contribution in [3.05, 3.63) is 53.6 Å². The van der Waals surface area contributed by atoms with Crippen LogP contribution in [0.5, 0.6) is 17.2 Å². The number of hydrogen-bond donors (Lipinski definition) is 1. The third-order valence-electron chi connectivity index (χ3n) is 3.59. The molecule has 26 heavy (non-hydrogen) atoms. The second-order valence-corrected chi connectivity index (χ2v) is 5.24. The van der Waals surface area contributed by atoms with Gasteiger partial charge in [0, 0.05) is 6.54 Å². The molecule has 0 atom stereocenters. The van der Waals surface area contributed by atoms with Gasteiger partial charge in [0.25, 0.3) is 5.91 Å². The molecule has 7 heteroatoms. The third-order valence-corrected chi connectivity index (χ3v) is 3.59. The zero-order valence-electron chi connectivity index (χ0n) is 14.9. The molecule has 0 aliphatic heterocycles. The average molecular weight is 359 g/mol.